The largest absolute Gasteiger partial charge is 0.508 e. The van der Waals surface area contributed by atoms with Crippen LogP contribution in [0.25, 0.3) is 0 Å². The number of hydrogen-bond donors (Lipinski definition) is 2. The molecule has 1 atom stereocenters. The van der Waals surface area contributed by atoms with Gasteiger partial charge in [-0.15, -0.1) is 0 Å². The van der Waals surface area contributed by atoms with Gasteiger partial charge in [-0.1, -0.05) is 24.3 Å². The summed E-state index contributed by atoms with van der Waals surface area (Å²) in [5.74, 6) is 0.366. The third-order valence-corrected chi connectivity index (χ3v) is 3.68. The minimum Gasteiger partial charge on any atom is -0.508 e. The molecule has 1 unspecified atom stereocenters. The first-order valence-corrected chi connectivity index (χ1v) is 6.38. The number of phenolic OH excluding ortho intramolecular Hbond substituents is 1. The number of nitrogens with one attached hydrogen (secondary N) is 1. The van der Waals surface area contributed by atoms with Crippen molar-refractivity contribution in [3.8, 4) is 5.75 Å². The second-order valence-corrected chi connectivity index (χ2v) is 4.93. The van der Waals surface area contributed by atoms with Gasteiger partial charge < -0.3 is 10.4 Å². The van der Waals surface area contributed by atoms with Gasteiger partial charge in [0.25, 0.3) is 0 Å². The number of para-hydroxylation sites is 1. The van der Waals surface area contributed by atoms with Gasteiger partial charge in [0.05, 0.1) is 6.04 Å². The number of rotatable bonds is 2. The first-order valence-electron chi connectivity index (χ1n) is 6.38. The molecule has 0 aliphatic heterocycles. The summed E-state index contributed by atoms with van der Waals surface area (Å²) in [6.45, 7) is 2.12. The standard InChI is InChI=1S/C16H17NO/c1-11-4-2-3-5-15(11)17-16-9-6-12-10-13(18)7-8-14(12)16/h2-5,7-8,10,16-18H,6,9H2,1H3. The maximum absolute atomic E-state index is 9.50. The summed E-state index contributed by atoms with van der Waals surface area (Å²) in [7, 11) is 0. The first-order chi connectivity index (χ1) is 8.74. The van der Waals surface area contributed by atoms with Gasteiger partial charge in [0.15, 0.2) is 0 Å². The van der Waals surface area contributed by atoms with Crippen molar-refractivity contribution in [2.75, 3.05) is 5.32 Å². The Morgan fingerprint density at radius 1 is 1.17 bits per heavy atom. The molecular formula is C16H17NO. The van der Waals surface area contributed by atoms with E-state index in [1.54, 1.807) is 6.07 Å². The van der Waals surface area contributed by atoms with Gasteiger partial charge in [-0.3, -0.25) is 0 Å². The second kappa shape index (κ2) is 4.37. The van der Waals surface area contributed by atoms with Gasteiger partial charge in [-0.2, -0.15) is 0 Å². The summed E-state index contributed by atoms with van der Waals surface area (Å²) in [5.41, 5.74) is 5.05. The fourth-order valence-corrected chi connectivity index (χ4v) is 2.68. The topological polar surface area (TPSA) is 32.3 Å². The molecule has 3 rings (SSSR count). The van der Waals surface area contributed by atoms with Gasteiger partial charge >= 0.3 is 0 Å². The number of benzene rings is 2. The van der Waals surface area contributed by atoms with E-state index in [4.69, 9.17) is 0 Å². The van der Waals surface area contributed by atoms with E-state index in [1.165, 1.54) is 22.4 Å². The predicted molar refractivity (Wildman–Crippen MR) is 74.0 cm³/mol. The Hall–Kier alpha value is -1.96. The van der Waals surface area contributed by atoms with E-state index in [0.717, 1.165) is 12.8 Å². The highest BCUT2D eigenvalue weighted by atomic mass is 16.3. The molecule has 0 spiro atoms. The number of phenols is 1. The molecule has 0 heterocycles. The fourth-order valence-electron chi connectivity index (χ4n) is 2.68. The maximum Gasteiger partial charge on any atom is 0.115 e. The molecule has 92 valence electrons. The number of anilines is 1. The molecule has 18 heavy (non-hydrogen) atoms. The van der Waals surface area contributed by atoms with E-state index in [1.807, 2.05) is 12.1 Å². The van der Waals surface area contributed by atoms with Crippen LogP contribution in [0, 0.1) is 6.92 Å². The van der Waals surface area contributed by atoms with E-state index in [0.29, 0.717) is 11.8 Å². The summed E-state index contributed by atoms with van der Waals surface area (Å²) < 4.78 is 0. The zero-order valence-corrected chi connectivity index (χ0v) is 10.5. The van der Waals surface area contributed by atoms with Crippen molar-refractivity contribution < 1.29 is 5.11 Å². The number of aromatic hydroxyl groups is 1. The SMILES string of the molecule is Cc1ccccc1NC1CCc2cc(O)ccc21. The highest BCUT2D eigenvalue weighted by Gasteiger charge is 2.22. The summed E-state index contributed by atoms with van der Waals surface area (Å²) >= 11 is 0. The van der Waals surface area contributed by atoms with Crippen LogP contribution in [0.1, 0.15) is 29.2 Å². The lowest BCUT2D eigenvalue weighted by Gasteiger charge is -2.17. The number of hydrogen-bond acceptors (Lipinski definition) is 2. The van der Waals surface area contributed by atoms with Crippen molar-refractivity contribution in [2.45, 2.75) is 25.8 Å². The van der Waals surface area contributed by atoms with E-state index < -0.39 is 0 Å². The fraction of sp³-hybridized carbons (Fsp3) is 0.250. The first kappa shape index (κ1) is 11.1. The second-order valence-electron chi connectivity index (χ2n) is 4.93. The van der Waals surface area contributed by atoms with Gasteiger partial charge in [0.1, 0.15) is 5.75 Å². The number of fused-ring (bicyclic) bond motifs is 1. The lowest BCUT2D eigenvalue weighted by atomic mass is 10.1. The lowest BCUT2D eigenvalue weighted by molar-refractivity contribution is 0.474. The predicted octanol–water partition coefficient (Wildman–Crippen LogP) is 3.80. The Morgan fingerprint density at radius 3 is 2.83 bits per heavy atom. The molecule has 1 aliphatic carbocycles. The number of aryl methyl sites for hydroxylation is 2. The van der Waals surface area contributed by atoms with Crippen LogP contribution in [0.2, 0.25) is 0 Å². The van der Waals surface area contributed by atoms with Crippen LogP contribution >= 0.6 is 0 Å². The molecule has 2 nitrogen and oxygen atoms in total. The molecule has 0 saturated heterocycles. The Kier molecular flexibility index (Phi) is 2.71. The van der Waals surface area contributed by atoms with Crippen molar-refractivity contribution in [2.24, 2.45) is 0 Å². The molecule has 2 N–H and O–H groups in total. The zero-order valence-electron chi connectivity index (χ0n) is 10.5. The molecule has 0 amide bonds. The van der Waals surface area contributed by atoms with E-state index in [2.05, 4.69) is 36.5 Å². The third kappa shape index (κ3) is 1.94. The van der Waals surface area contributed by atoms with Crippen LogP contribution in [-0.4, -0.2) is 5.11 Å². The molecular weight excluding hydrogens is 222 g/mol. The van der Waals surface area contributed by atoms with E-state index >= 15 is 0 Å². The smallest absolute Gasteiger partial charge is 0.115 e. The normalized spacial score (nSPS) is 17.5. The van der Waals surface area contributed by atoms with Crippen LogP contribution in [0.15, 0.2) is 42.5 Å². The maximum atomic E-state index is 9.50. The highest BCUT2D eigenvalue weighted by molar-refractivity contribution is 5.54. The van der Waals surface area contributed by atoms with Crippen LogP contribution in [0.3, 0.4) is 0 Å². The zero-order chi connectivity index (χ0) is 12.5. The van der Waals surface area contributed by atoms with Gasteiger partial charge in [0, 0.05) is 5.69 Å². The van der Waals surface area contributed by atoms with E-state index in [9.17, 15) is 5.11 Å². The van der Waals surface area contributed by atoms with Crippen molar-refractivity contribution >= 4 is 5.69 Å². The summed E-state index contributed by atoms with van der Waals surface area (Å²) in [6, 6.07) is 14.4. The Morgan fingerprint density at radius 2 is 2.00 bits per heavy atom. The molecule has 0 fully saturated rings. The Balaban J connectivity index is 1.87. The lowest BCUT2D eigenvalue weighted by Crippen LogP contribution is -2.07. The van der Waals surface area contributed by atoms with Crippen LogP contribution in [0.4, 0.5) is 5.69 Å². The molecule has 0 bridgehead atoms. The summed E-state index contributed by atoms with van der Waals surface area (Å²) in [5, 5.41) is 13.1. The van der Waals surface area contributed by atoms with Crippen LogP contribution in [0.5, 0.6) is 5.75 Å². The Labute approximate surface area is 107 Å². The molecule has 0 aromatic heterocycles. The summed E-state index contributed by atoms with van der Waals surface area (Å²) in [4.78, 5) is 0. The van der Waals surface area contributed by atoms with Crippen molar-refractivity contribution in [1.82, 2.24) is 0 Å². The van der Waals surface area contributed by atoms with Crippen LogP contribution < -0.4 is 5.32 Å². The average Bonchev–Trinajstić information content (AvgIpc) is 2.74. The monoisotopic (exact) mass is 239 g/mol. The van der Waals surface area contributed by atoms with Crippen LogP contribution in [-0.2, 0) is 6.42 Å². The third-order valence-electron chi connectivity index (χ3n) is 3.68. The van der Waals surface area contributed by atoms with Crippen molar-refractivity contribution in [3.63, 3.8) is 0 Å². The van der Waals surface area contributed by atoms with E-state index in [-0.39, 0.29) is 0 Å². The molecule has 1 aliphatic rings. The molecule has 2 heteroatoms. The highest BCUT2D eigenvalue weighted by Crippen LogP contribution is 2.36. The minimum atomic E-state index is 0.363. The molecule has 2 aromatic carbocycles. The van der Waals surface area contributed by atoms with Crippen molar-refractivity contribution in [3.05, 3.63) is 59.2 Å². The quantitative estimate of drug-likeness (QED) is 0.835. The summed E-state index contributed by atoms with van der Waals surface area (Å²) in [6.07, 6.45) is 2.13. The van der Waals surface area contributed by atoms with Gasteiger partial charge in [-0.25, -0.2) is 0 Å². The Bertz CT molecular complexity index is 577. The average molecular weight is 239 g/mol. The minimum absolute atomic E-state index is 0.363. The van der Waals surface area contributed by atoms with Crippen molar-refractivity contribution in [1.29, 1.82) is 0 Å². The van der Waals surface area contributed by atoms with Gasteiger partial charge in [0.2, 0.25) is 0 Å². The molecule has 0 saturated carbocycles. The molecule has 0 radical (unpaired) electrons. The molecule has 2 aromatic rings. The van der Waals surface area contributed by atoms with Gasteiger partial charge in [-0.05, 0) is 54.7 Å².